The predicted molar refractivity (Wildman–Crippen MR) is 454 cm³/mol. The van der Waals surface area contributed by atoms with Gasteiger partial charge >= 0.3 is 33.6 Å². The predicted octanol–water partition coefficient (Wildman–Crippen LogP) is 25.1. The Balaban J connectivity index is 4.73. The molecular weight excluding hydrogens is 1410 g/mol. The first-order valence-corrected chi connectivity index (χ1v) is 44.7. The largest absolute Gasteiger partial charge is 0.472 e. The molecule has 0 amide bonds. The molecule has 0 aromatic carbocycles. The highest BCUT2D eigenvalue weighted by atomic mass is 31.2. The second kappa shape index (κ2) is 81.9. The standard InChI is InChI=1S/C91H148O16P2/c1-4-7-10-13-16-19-22-25-28-31-34-37-39-41-42-44-46-48-50-53-56-59-62-65-68-71-74-77-89(94)101-80-86(92)81-103-108(97,98)104-82-87(93)83-105-109(99,100)106-85-88(107-91(96)79-76-73-70-67-64-61-58-55-52-47-36-33-30-27-24-21-18-15-12-9-6-3)84-102-90(95)78-75-72-69-66-63-60-57-54-51-49-45-43-40-38-35-32-29-26-23-20-17-14-11-8-5-2/h8-9,11-12,16-21,25-30,34-38,41-43,45,47,51,54-55,58,64,67,86-88,92-93H,4-7,10,13-15,22-24,31-33,39-40,44,46,48-50,52-53,56-57,59-63,65-66,68-85H2,1-3H3,(H,97,98)(H,99,100)/b11-8-,12-9-,19-16-,20-17-,21-18-,28-25-,29-26-,30-27-,37-34-,38-35-,42-41-,45-43-,47-36-,54-51-,58-55-,67-64-. The van der Waals surface area contributed by atoms with Crippen LogP contribution in [0.25, 0.3) is 0 Å². The van der Waals surface area contributed by atoms with Crippen molar-refractivity contribution < 1.29 is 75.8 Å². The number of hydrogen-bond acceptors (Lipinski definition) is 14. The Morgan fingerprint density at radius 1 is 0.266 bits per heavy atom. The molecule has 0 saturated carbocycles. The van der Waals surface area contributed by atoms with Gasteiger partial charge in [-0.05, 0) is 167 Å². The van der Waals surface area contributed by atoms with E-state index in [9.17, 15) is 43.5 Å². The number of phosphoric acid groups is 2. The summed E-state index contributed by atoms with van der Waals surface area (Å²) in [5.74, 6) is -1.66. The van der Waals surface area contributed by atoms with Crippen LogP contribution in [0.3, 0.4) is 0 Å². The molecule has 0 aromatic rings. The summed E-state index contributed by atoms with van der Waals surface area (Å²) < 4.78 is 61.2. The van der Waals surface area contributed by atoms with Crippen molar-refractivity contribution in [2.24, 2.45) is 0 Å². The number of unbranched alkanes of at least 4 members (excludes halogenated alkanes) is 22. The number of aliphatic hydroxyl groups excluding tert-OH is 2. The third kappa shape index (κ3) is 83.2. The minimum Gasteiger partial charge on any atom is -0.463 e. The van der Waals surface area contributed by atoms with E-state index in [2.05, 4.69) is 215 Å². The molecule has 109 heavy (non-hydrogen) atoms. The molecule has 5 unspecified atom stereocenters. The number of rotatable bonds is 77. The van der Waals surface area contributed by atoms with Gasteiger partial charge in [0.15, 0.2) is 6.10 Å². The van der Waals surface area contributed by atoms with Crippen molar-refractivity contribution in [1.29, 1.82) is 0 Å². The number of allylic oxidation sites excluding steroid dienone is 32. The van der Waals surface area contributed by atoms with Gasteiger partial charge < -0.3 is 34.2 Å². The molecule has 0 fully saturated rings. The average molecular weight is 1560 g/mol. The van der Waals surface area contributed by atoms with Gasteiger partial charge in [0.25, 0.3) is 0 Å². The van der Waals surface area contributed by atoms with Crippen LogP contribution in [0.5, 0.6) is 0 Å². The van der Waals surface area contributed by atoms with Crippen molar-refractivity contribution in [1.82, 2.24) is 0 Å². The molecule has 0 rings (SSSR count). The molecule has 18 heteroatoms. The first-order chi connectivity index (χ1) is 53.2. The zero-order valence-electron chi connectivity index (χ0n) is 67.6. The number of ether oxygens (including phenoxy) is 3. The van der Waals surface area contributed by atoms with Crippen LogP contribution in [0.2, 0.25) is 0 Å². The number of esters is 3. The van der Waals surface area contributed by atoms with Gasteiger partial charge in [0, 0.05) is 19.3 Å². The first-order valence-electron chi connectivity index (χ1n) is 41.7. The summed E-state index contributed by atoms with van der Waals surface area (Å²) in [5.41, 5.74) is 0. The normalized spacial score (nSPS) is 14.9. The van der Waals surface area contributed by atoms with Gasteiger partial charge in [-0.3, -0.25) is 32.5 Å². The number of carbonyl (C=O) groups is 3. The van der Waals surface area contributed by atoms with Crippen LogP contribution in [-0.2, 0) is 55.8 Å². The topological polar surface area (TPSA) is 231 Å². The Labute approximate surface area is 661 Å². The molecule has 0 saturated heterocycles. The first kappa shape index (κ1) is 103. The molecule has 0 aromatic heterocycles. The summed E-state index contributed by atoms with van der Waals surface area (Å²) in [5, 5.41) is 20.7. The molecule has 0 heterocycles. The fraction of sp³-hybridized carbons (Fsp3) is 0.615. The summed E-state index contributed by atoms with van der Waals surface area (Å²) in [6.45, 7) is 2.34. The third-order valence-corrected chi connectivity index (χ3v) is 18.7. The van der Waals surface area contributed by atoms with Crippen molar-refractivity contribution >= 4 is 33.6 Å². The Morgan fingerprint density at radius 3 is 0.789 bits per heavy atom. The summed E-state index contributed by atoms with van der Waals surface area (Å²) in [6.07, 6.45) is 108. The van der Waals surface area contributed by atoms with Gasteiger partial charge in [-0.25, -0.2) is 9.13 Å². The molecule has 0 bridgehead atoms. The lowest BCUT2D eigenvalue weighted by Crippen LogP contribution is -2.30. The highest BCUT2D eigenvalue weighted by Gasteiger charge is 2.29. The van der Waals surface area contributed by atoms with Crippen molar-refractivity contribution in [3.8, 4) is 0 Å². The highest BCUT2D eigenvalue weighted by molar-refractivity contribution is 7.47. The van der Waals surface area contributed by atoms with Crippen molar-refractivity contribution in [3.63, 3.8) is 0 Å². The summed E-state index contributed by atoms with van der Waals surface area (Å²) in [6, 6.07) is 0. The Kier molecular flexibility index (Phi) is 77.7. The monoisotopic (exact) mass is 1560 g/mol. The van der Waals surface area contributed by atoms with E-state index in [1.165, 1.54) is 70.6 Å². The quantitative estimate of drug-likeness (QED) is 0.0146. The molecule has 4 N–H and O–H groups in total. The molecule has 0 aliphatic rings. The smallest absolute Gasteiger partial charge is 0.463 e. The summed E-state index contributed by atoms with van der Waals surface area (Å²) >= 11 is 0. The van der Waals surface area contributed by atoms with Gasteiger partial charge in [0.1, 0.15) is 25.4 Å². The number of carbonyl (C=O) groups excluding carboxylic acids is 3. The fourth-order valence-corrected chi connectivity index (χ4v) is 12.1. The third-order valence-electron chi connectivity index (χ3n) is 16.8. The highest BCUT2D eigenvalue weighted by Crippen LogP contribution is 2.45. The number of hydrogen-bond donors (Lipinski definition) is 4. The van der Waals surface area contributed by atoms with E-state index in [-0.39, 0.29) is 19.3 Å². The van der Waals surface area contributed by atoms with Gasteiger partial charge in [-0.15, -0.1) is 0 Å². The van der Waals surface area contributed by atoms with Crippen LogP contribution >= 0.6 is 15.6 Å². The van der Waals surface area contributed by atoms with Crippen molar-refractivity contribution in [2.45, 2.75) is 322 Å². The van der Waals surface area contributed by atoms with Crippen LogP contribution in [-0.4, -0.2) is 95.9 Å². The Hall–Kier alpha value is -5.61. The second-order valence-electron chi connectivity index (χ2n) is 27.2. The maximum atomic E-state index is 13.0. The minimum atomic E-state index is -4.96. The fourth-order valence-electron chi connectivity index (χ4n) is 10.5. The van der Waals surface area contributed by atoms with Crippen LogP contribution < -0.4 is 0 Å². The molecule has 0 aliphatic carbocycles. The lowest BCUT2D eigenvalue weighted by atomic mass is 10.0. The lowest BCUT2D eigenvalue weighted by molar-refractivity contribution is -0.161. The van der Waals surface area contributed by atoms with E-state index < -0.39 is 91.5 Å². The van der Waals surface area contributed by atoms with Gasteiger partial charge in [-0.2, -0.15) is 0 Å². The van der Waals surface area contributed by atoms with E-state index in [1.807, 2.05) is 0 Å². The molecule has 5 atom stereocenters. The second-order valence-corrected chi connectivity index (χ2v) is 30.1. The SMILES string of the molecule is CC/C=C\C/C=C\C/C=C\C/C=C\C/C=C\C/C=C\CCCCCCCCC(=O)OCC(COP(=O)(O)OCC(O)COP(=O)(O)OCC(O)COC(=O)CCCCCCCCCCCCC/C=C\C/C=C\C/C=C\C/C=C\CCCCC)OC(=O)CCCC/C=C\C/C=C\C/C=C\C/C=C\C/C=C\C/C=C\CC. The molecular formula is C91H148O16P2. The van der Waals surface area contributed by atoms with Gasteiger partial charge in [0.2, 0.25) is 0 Å². The lowest BCUT2D eigenvalue weighted by Gasteiger charge is -2.21. The van der Waals surface area contributed by atoms with E-state index >= 15 is 0 Å². The Bertz CT molecular complexity index is 2760. The maximum absolute atomic E-state index is 13.0. The zero-order chi connectivity index (χ0) is 79.4. The van der Waals surface area contributed by atoms with Crippen molar-refractivity contribution in [2.75, 3.05) is 39.6 Å². The van der Waals surface area contributed by atoms with Crippen molar-refractivity contribution in [3.05, 3.63) is 194 Å². The van der Waals surface area contributed by atoms with Crippen LogP contribution in [0.4, 0.5) is 0 Å². The summed E-state index contributed by atoms with van der Waals surface area (Å²) in [4.78, 5) is 58.8. The molecule has 618 valence electrons. The van der Waals surface area contributed by atoms with E-state index in [4.69, 9.17) is 32.3 Å². The summed E-state index contributed by atoms with van der Waals surface area (Å²) in [7, 11) is -9.84. The van der Waals surface area contributed by atoms with Crippen LogP contribution in [0.15, 0.2) is 194 Å². The Morgan fingerprint density at radius 2 is 0.486 bits per heavy atom. The van der Waals surface area contributed by atoms with Gasteiger partial charge in [0.05, 0.1) is 26.4 Å². The van der Waals surface area contributed by atoms with E-state index in [0.717, 1.165) is 167 Å². The maximum Gasteiger partial charge on any atom is 0.472 e. The van der Waals surface area contributed by atoms with E-state index in [0.29, 0.717) is 25.7 Å². The van der Waals surface area contributed by atoms with Crippen LogP contribution in [0.1, 0.15) is 303 Å². The molecule has 0 radical (unpaired) electrons. The molecule has 0 aliphatic heterocycles. The van der Waals surface area contributed by atoms with E-state index in [1.54, 1.807) is 0 Å². The number of aliphatic hydroxyl groups is 2. The number of phosphoric ester groups is 2. The van der Waals surface area contributed by atoms with Crippen LogP contribution in [0, 0.1) is 0 Å². The molecule has 0 spiro atoms. The zero-order valence-corrected chi connectivity index (χ0v) is 69.4. The average Bonchev–Trinajstić information content (AvgIpc) is 0.910. The van der Waals surface area contributed by atoms with Gasteiger partial charge in [-0.1, -0.05) is 312 Å². The minimum absolute atomic E-state index is 0.0374. The molecule has 16 nitrogen and oxygen atoms in total.